The van der Waals surface area contributed by atoms with Gasteiger partial charge >= 0.3 is 6.11 Å². The predicted octanol–water partition coefficient (Wildman–Crippen LogP) is 9.63. The van der Waals surface area contributed by atoms with Crippen LogP contribution in [-0.4, -0.2) is 6.11 Å². The molecule has 0 saturated heterocycles. The zero-order chi connectivity index (χ0) is 29.2. The van der Waals surface area contributed by atoms with Gasteiger partial charge in [0.25, 0.3) is 0 Å². The van der Waals surface area contributed by atoms with Gasteiger partial charge in [0.1, 0.15) is 29.0 Å². The number of benzene rings is 4. The lowest BCUT2D eigenvalue weighted by Gasteiger charge is -2.16. The molecule has 40 heavy (non-hydrogen) atoms. The molecule has 1 nitrogen and oxygen atoms in total. The first kappa shape index (κ1) is 28.8. The van der Waals surface area contributed by atoms with E-state index in [1.165, 1.54) is 0 Å². The largest absolute Gasteiger partial charge is 0.429 e. The van der Waals surface area contributed by atoms with E-state index >= 15 is 0 Å². The van der Waals surface area contributed by atoms with Gasteiger partial charge in [-0.3, -0.25) is 0 Å². The van der Waals surface area contributed by atoms with Gasteiger partial charge in [-0.2, -0.15) is 8.78 Å². The van der Waals surface area contributed by atoms with Crippen LogP contribution in [0.1, 0.15) is 24.5 Å². The van der Waals surface area contributed by atoms with Crippen molar-refractivity contribution in [3.8, 4) is 28.0 Å². The summed E-state index contributed by atoms with van der Waals surface area (Å²) in [6.45, 7) is 2.01. The molecule has 10 heteroatoms. The molecular formula is C30H19F9O. The second-order valence-electron chi connectivity index (χ2n) is 8.81. The average molecular weight is 566 g/mol. The molecule has 0 aromatic heterocycles. The molecule has 0 aliphatic heterocycles. The fourth-order valence-electron chi connectivity index (χ4n) is 4.02. The Labute approximate surface area is 223 Å². The highest BCUT2D eigenvalue weighted by molar-refractivity contribution is 5.68. The van der Waals surface area contributed by atoms with Crippen LogP contribution in [0.4, 0.5) is 39.5 Å². The van der Waals surface area contributed by atoms with Crippen LogP contribution < -0.4 is 4.74 Å². The Bertz CT molecular complexity index is 1510. The maximum Gasteiger partial charge on any atom is 0.419 e. The van der Waals surface area contributed by atoms with E-state index < -0.39 is 69.3 Å². The summed E-state index contributed by atoms with van der Waals surface area (Å²) in [4.78, 5) is 0. The molecule has 0 saturated carbocycles. The van der Waals surface area contributed by atoms with Gasteiger partial charge in [0.05, 0.1) is 5.56 Å². The van der Waals surface area contributed by atoms with Gasteiger partial charge in [0.15, 0.2) is 17.5 Å². The van der Waals surface area contributed by atoms with Gasteiger partial charge in [-0.25, -0.2) is 30.7 Å². The Morgan fingerprint density at radius 3 is 1.70 bits per heavy atom. The van der Waals surface area contributed by atoms with Crippen molar-refractivity contribution < 1.29 is 44.3 Å². The summed E-state index contributed by atoms with van der Waals surface area (Å²) < 4.78 is 132. The molecule has 0 unspecified atom stereocenters. The first-order chi connectivity index (χ1) is 18.9. The van der Waals surface area contributed by atoms with Gasteiger partial charge in [-0.15, -0.1) is 0 Å². The number of hydrogen-bond donors (Lipinski definition) is 0. The van der Waals surface area contributed by atoms with Crippen molar-refractivity contribution in [2.24, 2.45) is 0 Å². The van der Waals surface area contributed by atoms with E-state index in [0.29, 0.717) is 35.9 Å². The summed E-state index contributed by atoms with van der Waals surface area (Å²) in [7, 11) is 0. The van der Waals surface area contributed by atoms with E-state index in [0.717, 1.165) is 30.5 Å². The molecule has 4 rings (SSSR count). The van der Waals surface area contributed by atoms with Crippen molar-refractivity contribution >= 4 is 6.08 Å². The molecule has 208 valence electrons. The van der Waals surface area contributed by atoms with Gasteiger partial charge < -0.3 is 4.74 Å². The van der Waals surface area contributed by atoms with E-state index in [4.69, 9.17) is 0 Å². The summed E-state index contributed by atoms with van der Waals surface area (Å²) in [6.07, 6.45) is -2.13. The molecule has 0 aliphatic carbocycles. The van der Waals surface area contributed by atoms with Crippen LogP contribution in [0.15, 0.2) is 66.7 Å². The van der Waals surface area contributed by atoms with Gasteiger partial charge in [0, 0.05) is 23.8 Å². The standard InChI is InChI=1S/C30H19F9O/c1-2-3-16-4-6-17(7-5-16)18-10-22(31)21(23(32)11-18)8-9-30(38,39)40-20-14-24(33)28(25(34)15-20)19-12-26(35)29(37)27(36)13-19/h4-15H,2-3H2,1H3/b9-8+. The molecule has 0 aliphatic rings. The molecule has 0 atom stereocenters. The third-order valence-electron chi connectivity index (χ3n) is 5.89. The van der Waals surface area contributed by atoms with Crippen molar-refractivity contribution in [3.63, 3.8) is 0 Å². The van der Waals surface area contributed by atoms with Crippen LogP contribution in [0.2, 0.25) is 0 Å². The third kappa shape index (κ3) is 6.32. The van der Waals surface area contributed by atoms with Crippen LogP contribution in [0, 0.1) is 40.7 Å². The molecule has 0 heterocycles. The summed E-state index contributed by atoms with van der Waals surface area (Å²) in [5, 5.41) is 0. The number of ether oxygens (including phenoxy) is 1. The van der Waals surface area contributed by atoms with E-state index in [9.17, 15) is 39.5 Å². The molecule has 0 N–H and O–H groups in total. The Morgan fingerprint density at radius 2 is 1.18 bits per heavy atom. The summed E-state index contributed by atoms with van der Waals surface area (Å²) in [6, 6.07) is 10.2. The second-order valence-corrected chi connectivity index (χ2v) is 8.81. The molecule has 0 fully saturated rings. The Balaban J connectivity index is 1.55. The monoisotopic (exact) mass is 566 g/mol. The van der Waals surface area contributed by atoms with Crippen molar-refractivity contribution in [1.29, 1.82) is 0 Å². The number of hydrogen-bond acceptors (Lipinski definition) is 1. The highest BCUT2D eigenvalue weighted by atomic mass is 19.3. The van der Waals surface area contributed by atoms with Crippen molar-refractivity contribution in [1.82, 2.24) is 0 Å². The van der Waals surface area contributed by atoms with Crippen molar-refractivity contribution in [2.45, 2.75) is 25.9 Å². The van der Waals surface area contributed by atoms with Crippen LogP contribution in [0.3, 0.4) is 0 Å². The number of aryl methyl sites for hydroxylation is 1. The minimum Gasteiger partial charge on any atom is -0.429 e. The maximum absolute atomic E-state index is 14.6. The third-order valence-corrected chi connectivity index (χ3v) is 5.89. The maximum atomic E-state index is 14.6. The van der Waals surface area contributed by atoms with E-state index in [1.54, 1.807) is 12.1 Å². The second kappa shape index (κ2) is 11.5. The normalized spacial score (nSPS) is 11.8. The lowest BCUT2D eigenvalue weighted by atomic mass is 10.00. The molecular weight excluding hydrogens is 547 g/mol. The van der Waals surface area contributed by atoms with E-state index in [1.807, 2.05) is 19.1 Å². The Morgan fingerprint density at radius 1 is 0.650 bits per heavy atom. The van der Waals surface area contributed by atoms with Crippen LogP contribution in [-0.2, 0) is 6.42 Å². The SMILES string of the molecule is CCCc1ccc(-c2cc(F)c(/C=C/C(F)(F)Oc3cc(F)c(-c4cc(F)c(F)c(F)c4)c(F)c3)c(F)c2)cc1. The zero-order valence-electron chi connectivity index (χ0n) is 20.7. The predicted molar refractivity (Wildman–Crippen MR) is 132 cm³/mol. The lowest BCUT2D eigenvalue weighted by molar-refractivity contribution is -0.131. The van der Waals surface area contributed by atoms with E-state index in [-0.39, 0.29) is 11.6 Å². The molecule has 0 amide bonds. The summed E-state index contributed by atoms with van der Waals surface area (Å²) >= 11 is 0. The van der Waals surface area contributed by atoms with Crippen LogP contribution in [0.25, 0.3) is 28.3 Å². The Hall–Kier alpha value is -4.21. The van der Waals surface area contributed by atoms with Crippen LogP contribution in [0.5, 0.6) is 5.75 Å². The quantitative estimate of drug-likeness (QED) is 0.152. The molecule has 4 aromatic carbocycles. The minimum atomic E-state index is -4.29. The van der Waals surface area contributed by atoms with Gasteiger partial charge in [0.2, 0.25) is 0 Å². The molecule has 4 aromatic rings. The van der Waals surface area contributed by atoms with E-state index in [2.05, 4.69) is 4.74 Å². The van der Waals surface area contributed by atoms with Crippen molar-refractivity contribution in [3.05, 3.63) is 119 Å². The van der Waals surface area contributed by atoms with Gasteiger partial charge in [-0.1, -0.05) is 37.6 Å². The number of halogens is 9. The number of alkyl halides is 2. The van der Waals surface area contributed by atoms with Crippen LogP contribution >= 0.6 is 0 Å². The summed E-state index contributed by atoms with van der Waals surface area (Å²) in [5.41, 5.74) is -0.806. The smallest absolute Gasteiger partial charge is 0.419 e. The summed E-state index contributed by atoms with van der Waals surface area (Å²) in [5.74, 6) is -11.7. The molecule has 0 radical (unpaired) electrons. The first-order valence-electron chi connectivity index (χ1n) is 11.9. The number of rotatable bonds is 8. The Kier molecular flexibility index (Phi) is 8.27. The lowest BCUT2D eigenvalue weighted by Crippen LogP contribution is -2.21. The fourth-order valence-corrected chi connectivity index (χ4v) is 4.02. The average Bonchev–Trinajstić information content (AvgIpc) is 2.86. The zero-order valence-corrected chi connectivity index (χ0v) is 20.7. The first-order valence-corrected chi connectivity index (χ1v) is 11.9. The molecule has 0 bridgehead atoms. The highest BCUT2D eigenvalue weighted by Crippen LogP contribution is 2.34. The topological polar surface area (TPSA) is 9.23 Å². The minimum absolute atomic E-state index is 0.0118. The highest BCUT2D eigenvalue weighted by Gasteiger charge is 2.30. The van der Waals surface area contributed by atoms with Gasteiger partial charge in [-0.05, 0) is 59.0 Å². The fraction of sp³-hybridized carbons (Fsp3) is 0.133. The van der Waals surface area contributed by atoms with Crippen molar-refractivity contribution in [2.75, 3.05) is 0 Å². The molecule has 0 spiro atoms.